The smallest absolute Gasteiger partial charge is 0.0449 e. The minimum Gasteiger partial charge on any atom is -0.316 e. The van der Waals surface area contributed by atoms with Gasteiger partial charge in [-0.3, -0.25) is 0 Å². The minimum absolute atomic E-state index is 0.434. The van der Waals surface area contributed by atoms with E-state index in [2.05, 4.69) is 71.5 Å². The van der Waals surface area contributed by atoms with Crippen LogP contribution in [0.15, 0.2) is 46.9 Å². The lowest BCUT2D eigenvalue weighted by molar-refractivity contribution is 0.595. The summed E-state index contributed by atoms with van der Waals surface area (Å²) in [6.07, 6.45) is 0.947. The van der Waals surface area contributed by atoms with E-state index in [1.54, 1.807) is 0 Å². The quantitative estimate of drug-likeness (QED) is 0.727. The molecule has 112 valence electrons. The number of hydrogen-bond donors (Lipinski definition) is 1. The molecule has 21 heavy (non-hydrogen) atoms. The van der Waals surface area contributed by atoms with Crippen molar-refractivity contribution in [2.75, 3.05) is 13.1 Å². The molecule has 0 bridgehead atoms. The van der Waals surface area contributed by atoms with Crippen LogP contribution in [0.4, 0.5) is 0 Å². The third-order valence-corrected chi connectivity index (χ3v) is 4.48. The SMILES string of the molecule is CCNCC(Cc1ccc(Br)cc1Cl)c1cccc(C)c1. The van der Waals surface area contributed by atoms with Crippen LogP contribution in [0.25, 0.3) is 0 Å². The van der Waals surface area contributed by atoms with Crippen molar-refractivity contribution in [1.29, 1.82) is 0 Å². The number of halogens is 2. The monoisotopic (exact) mass is 365 g/mol. The van der Waals surface area contributed by atoms with E-state index in [0.29, 0.717) is 5.92 Å². The molecule has 2 rings (SSSR count). The molecule has 0 saturated heterocycles. The van der Waals surface area contributed by atoms with Crippen molar-refractivity contribution in [2.45, 2.75) is 26.2 Å². The van der Waals surface area contributed by atoms with Crippen molar-refractivity contribution >= 4 is 27.5 Å². The predicted octanol–water partition coefficient (Wildman–Crippen LogP) is 5.35. The highest BCUT2D eigenvalue weighted by Gasteiger charge is 2.14. The topological polar surface area (TPSA) is 12.0 Å². The molecule has 2 aromatic rings. The molecule has 3 heteroatoms. The van der Waals surface area contributed by atoms with E-state index < -0.39 is 0 Å². The Morgan fingerprint density at radius 1 is 1.19 bits per heavy atom. The van der Waals surface area contributed by atoms with E-state index in [9.17, 15) is 0 Å². The Hall–Kier alpha value is -0.830. The van der Waals surface area contributed by atoms with Crippen molar-refractivity contribution < 1.29 is 0 Å². The number of rotatable bonds is 6. The fourth-order valence-corrected chi connectivity index (χ4v) is 3.25. The average Bonchev–Trinajstić information content (AvgIpc) is 2.45. The second-order valence-corrected chi connectivity index (χ2v) is 6.68. The van der Waals surface area contributed by atoms with Gasteiger partial charge in [0.1, 0.15) is 0 Å². The predicted molar refractivity (Wildman–Crippen MR) is 95.3 cm³/mol. The maximum absolute atomic E-state index is 6.38. The summed E-state index contributed by atoms with van der Waals surface area (Å²) in [4.78, 5) is 0. The summed E-state index contributed by atoms with van der Waals surface area (Å²) >= 11 is 9.84. The highest BCUT2D eigenvalue weighted by molar-refractivity contribution is 9.10. The maximum atomic E-state index is 6.38. The van der Waals surface area contributed by atoms with Crippen molar-refractivity contribution in [3.05, 3.63) is 68.7 Å². The van der Waals surface area contributed by atoms with Gasteiger partial charge in [0.15, 0.2) is 0 Å². The van der Waals surface area contributed by atoms with Gasteiger partial charge in [0.2, 0.25) is 0 Å². The first kappa shape index (κ1) is 16.5. The molecule has 0 radical (unpaired) electrons. The van der Waals surface area contributed by atoms with Crippen molar-refractivity contribution in [3.63, 3.8) is 0 Å². The number of nitrogens with one attached hydrogen (secondary N) is 1. The standard InChI is InChI=1S/C18H21BrClN/c1-3-21-12-16(14-6-4-5-13(2)9-14)10-15-7-8-17(19)11-18(15)20/h4-9,11,16,21H,3,10,12H2,1-2H3. The first-order valence-corrected chi connectivity index (χ1v) is 8.48. The van der Waals surface area contributed by atoms with Gasteiger partial charge in [0.25, 0.3) is 0 Å². The lowest BCUT2D eigenvalue weighted by Crippen LogP contribution is -2.22. The van der Waals surface area contributed by atoms with Crippen molar-refractivity contribution in [2.24, 2.45) is 0 Å². The van der Waals surface area contributed by atoms with Gasteiger partial charge in [-0.2, -0.15) is 0 Å². The Kier molecular flexibility index (Phi) is 6.28. The minimum atomic E-state index is 0.434. The lowest BCUT2D eigenvalue weighted by Gasteiger charge is -2.19. The van der Waals surface area contributed by atoms with Gasteiger partial charge in [0, 0.05) is 22.0 Å². The second-order valence-electron chi connectivity index (χ2n) is 5.36. The van der Waals surface area contributed by atoms with E-state index in [-0.39, 0.29) is 0 Å². The molecule has 1 atom stereocenters. The zero-order valence-electron chi connectivity index (χ0n) is 12.5. The van der Waals surface area contributed by atoms with Gasteiger partial charge in [-0.25, -0.2) is 0 Å². The first-order chi connectivity index (χ1) is 10.1. The normalized spacial score (nSPS) is 12.4. The van der Waals surface area contributed by atoms with Gasteiger partial charge in [0.05, 0.1) is 0 Å². The summed E-state index contributed by atoms with van der Waals surface area (Å²) in [7, 11) is 0. The van der Waals surface area contributed by atoms with Crippen molar-refractivity contribution in [1.82, 2.24) is 5.32 Å². The average molecular weight is 367 g/mol. The van der Waals surface area contributed by atoms with Gasteiger partial charge in [-0.05, 0) is 43.1 Å². The molecule has 0 aromatic heterocycles. The molecular formula is C18H21BrClN. The van der Waals surface area contributed by atoms with Crippen LogP contribution >= 0.6 is 27.5 Å². The largest absolute Gasteiger partial charge is 0.316 e. The molecule has 0 amide bonds. The zero-order valence-corrected chi connectivity index (χ0v) is 14.8. The van der Waals surface area contributed by atoms with Gasteiger partial charge in [-0.1, -0.05) is 70.3 Å². The summed E-state index contributed by atoms with van der Waals surface area (Å²) in [6.45, 7) is 6.23. The van der Waals surface area contributed by atoms with E-state index in [1.165, 1.54) is 16.7 Å². The molecule has 0 aliphatic rings. The molecule has 0 saturated carbocycles. The molecule has 2 aromatic carbocycles. The third kappa shape index (κ3) is 4.84. The molecule has 1 unspecified atom stereocenters. The Labute approximate surface area is 140 Å². The van der Waals surface area contributed by atoms with E-state index >= 15 is 0 Å². The van der Waals surface area contributed by atoms with Crippen LogP contribution in [0.1, 0.15) is 29.5 Å². The van der Waals surface area contributed by atoms with E-state index in [0.717, 1.165) is 29.0 Å². The number of benzene rings is 2. The fraction of sp³-hybridized carbons (Fsp3) is 0.333. The zero-order chi connectivity index (χ0) is 15.2. The highest BCUT2D eigenvalue weighted by atomic mass is 79.9. The van der Waals surface area contributed by atoms with E-state index in [1.807, 2.05) is 6.07 Å². The molecule has 0 heterocycles. The summed E-state index contributed by atoms with van der Waals surface area (Å²) in [5.41, 5.74) is 3.87. The molecule has 1 nitrogen and oxygen atoms in total. The fourth-order valence-electron chi connectivity index (χ4n) is 2.50. The van der Waals surface area contributed by atoms with Crippen LogP contribution in [0.2, 0.25) is 5.02 Å². The maximum Gasteiger partial charge on any atom is 0.0449 e. The molecular weight excluding hydrogens is 346 g/mol. The van der Waals surface area contributed by atoms with Crippen LogP contribution in [-0.4, -0.2) is 13.1 Å². The summed E-state index contributed by atoms with van der Waals surface area (Å²) in [5, 5.41) is 4.30. The van der Waals surface area contributed by atoms with Gasteiger partial charge >= 0.3 is 0 Å². The van der Waals surface area contributed by atoms with E-state index in [4.69, 9.17) is 11.6 Å². The van der Waals surface area contributed by atoms with Crippen LogP contribution in [0.5, 0.6) is 0 Å². The molecule has 1 N–H and O–H groups in total. The molecule has 0 fully saturated rings. The number of aryl methyl sites for hydroxylation is 1. The highest BCUT2D eigenvalue weighted by Crippen LogP contribution is 2.27. The third-order valence-electron chi connectivity index (χ3n) is 3.64. The van der Waals surface area contributed by atoms with Gasteiger partial charge < -0.3 is 5.32 Å². The number of likely N-dealkylation sites (N-methyl/N-ethyl adjacent to an activating group) is 1. The van der Waals surface area contributed by atoms with Crippen LogP contribution < -0.4 is 5.32 Å². The van der Waals surface area contributed by atoms with Gasteiger partial charge in [-0.15, -0.1) is 0 Å². The van der Waals surface area contributed by atoms with Crippen LogP contribution in [0, 0.1) is 6.92 Å². The van der Waals surface area contributed by atoms with Crippen LogP contribution in [0.3, 0.4) is 0 Å². The number of hydrogen-bond acceptors (Lipinski definition) is 1. The Morgan fingerprint density at radius 3 is 2.67 bits per heavy atom. The Morgan fingerprint density at radius 2 is 2.00 bits per heavy atom. The summed E-state index contributed by atoms with van der Waals surface area (Å²) in [5.74, 6) is 0.434. The lowest BCUT2D eigenvalue weighted by atomic mass is 9.91. The van der Waals surface area contributed by atoms with Crippen molar-refractivity contribution in [3.8, 4) is 0 Å². The molecule has 0 aliphatic heterocycles. The Balaban J connectivity index is 2.23. The molecule has 0 spiro atoms. The summed E-state index contributed by atoms with van der Waals surface area (Å²) in [6, 6.07) is 14.9. The summed E-state index contributed by atoms with van der Waals surface area (Å²) < 4.78 is 1.02. The molecule has 0 aliphatic carbocycles. The Bertz CT molecular complexity index is 598. The van der Waals surface area contributed by atoms with Crippen LogP contribution in [-0.2, 0) is 6.42 Å². The second kappa shape index (κ2) is 7.98. The first-order valence-electron chi connectivity index (χ1n) is 7.31.